The van der Waals surface area contributed by atoms with Crippen molar-refractivity contribution in [2.75, 3.05) is 0 Å². The third kappa shape index (κ3) is 1.65. The normalized spacial score (nSPS) is 9.80. The molecule has 0 saturated heterocycles. The standard InChI is InChI=1S/C12H7NO2/c1-2-8-3-4-9-6-10(12(14)15)7-13-11(9)5-8/h1,3-7H,(H,14,15). The number of hydrogen-bond acceptors (Lipinski definition) is 2. The number of carboxylic acid groups (broad SMARTS) is 1. The maximum absolute atomic E-state index is 10.7. The molecule has 3 nitrogen and oxygen atoms in total. The van der Waals surface area contributed by atoms with Crippen LogP contribution in [-0.4, -0.2) is 16.1 Å². The van der Waals surface area contributed by atoms with Gasteiger partial charge in [-0.15, -0.1) is 6.42 Å². The Morgan fingerprint density at radius 2 is 2.20 bits per heavy atom. The molecular weight excluding hydrogens is 190 g/mol. The topological polar surface area (TPSA) is 50.2 Å². The Balaban J connectivity index is 2.66. The monoisotopic (exact) mass is 197 g/mol. The van der Waals surface area contributed by atoms with Gasteiger partial charge in [0, 0.05) is 17.1 Å². The van der Waals surface area contributed by atoms with E-state index in [4.69, 9.17) is 11.5 Å². The van der Waals surface area contributed by atoms with E-state index < -0.39 is 5.97 Å². The summed E-state index contributed by atoms with van der Waals surface area (Å²) in [4.78, 5) is 14.7. The number of aromatic carboxylic acids is 1. The molecule has 1 N–H and O–H groups in total. The molecule has 72 valence electrons. The largest absolute Gasteiger partial charge is 0.478 e. The van der Waals surface area contributed by atoms with Crippen molar-refractivity contribution in [2.24, 2.45) is 0 Å². The van der Waals surface area contributed by atoms with Crippen LogP contribution in [0.3, 0.4) is 0 Å². The lowest BCUT2D eigenvalue weighted by atomic mass is 10.1. The summed E-state index contributed by atoms with van der Waals surface area (Å²) in [6.07, 6.45) is 6.57. The second-order valence-electron chi connectivity index (χ2n) is 3.08. The molecule has 1 aromatic carbocycles. The number of terminal acetylenes is 1. The lowest BCUT2D eigenvalue weighted by molar-refractivity contribution is 0.0696. The van der Waals surface area contributed by atoms with Gasteiger partial charge in [-0.3, -0.25) is 4.98 Å². The first-order valence-corrected chi connectivity index (χ1v) is 4.30. The van der Waals surface area contributed by atoms with Gasteiger partial charge in [0.1, 0.15) is 0 Å². The Kier molecular flexibility index (Phi) is 2.11. The second-order valence-corrected chi connectivity index (χ2v) is 3.08. The Morgan fingerprint density at radius 3 is 2.87 bits per heavy atom. The van der Waals surface area contributed by atoms with Crippen molar-refractivity contribution < 1.29 is 9.90 Å². The van der Waals surface area contributed by atoms with Crippen LogP contribution in [0, 0.1) is 12.3 Å². The van der Waals surface area contributed by atoms with E-state index in [1.54, 1.807) is 24.3 Å². The molecule has 3 heteroatoms. The number of carboxylic acids is 1. The molecule has 0 bridgehead atoms. The van der Waals surface area contributed by atoms with Crippen LogP contribution in [0.1, 0.15) is 15.9 Å². The Hall–Kier alpha value is -2.34. The van der Waals surface area contributed by atoms with Crippen molar-refractivity contribution in [3.8, 4) is 12.3 Å². The predicted octanol–water partition coefficient (Wildman–Crippen LogP) is 1.91. The molecule has 0 saturated carbocycles. The average molecular weight is 197 g/mol. The molecule has 15 heavy (non-hydrogen) atoms. The van der Waals surface area contributed by atoms with Crippen LogP contribution in [-0.2, 0) is 0 Å². The van der Waals surface area contributed by atoms with Crippen molar-refractivity contribution in [2.45, 2.75) is 0 Å². The SMILES string of the molecule is C#Cc1ccc2cc(C(=O)O)cnc2c1. The quantitative estimate of drug-likeness (QED) is 0.710. The van der Waals surface area contributed by atoms with Crippen LogP contribution in [0.2, 0.25) is 0 Å². The van der Waals surface area contributed by atoms with Gasteiger partial charge in [-0.2, -0.15) is 0 Å². The molecule has 0 atom stereocenters. The van der Waals surface area contributed by atoms with Crippen LogP contribution >= 0.6 is 0 Å². The summed E-state index contributed by atoms with van der Waals surface area (Å²) >= 11 is 0. The van der Waals surface area contributed by atoms with Crippen LogP contribution in [0.4, 0.5) is 0 Å². The molecule has 0 spiro atoms. The zero-order valence-corrected chi connectivity index (χ0v) is 7.77. The van der Waals surface area contributed by atoms with E-state index in [-0.39, 0.29) is 5.56 Å². The van der Waals surface area contributed by atoms with Crippen molar-refractivity contribution in [1.29, 1.82) is 0 Å². The molecule has 2 rings (SSSR count). The fourth-order valence-electron chi connectivity index (χ4n) is 1.33. The van der Waals surface area contributed by atoms with Gasteiger partial charge >= 0.3 is 5.97 Å². The van der Waals surface area contributed by atoms with E-state index in [2.05, 4.69) is 10.9 Å². The highest BCUT2D eigenvalue weighted by Crippen LogP contribution is 2.14. The average Bonchev–Trinajstić information content (AvgIpc) is 2.27. The third-order valence-electron chi connectivity index (χ3n) is 2.10. The van der Waals surface area contributed by atoms with Gasteiger partial charge in [-0.1, -0.05) is 12.0 Å². The van der Waals surface area contributed by atoms with Gasteiger partial charge in [-0.05, 0) is 18.2 Å². The highest BCUT2D eigenvalue weighted by atomic mass is 16.4. The predicted molar refractivity (Wildman–Crippen MR) is 56.6 cm³/mol. The van der Waals surface area contributed by atoms with Gasteiger partial charge in [0.05, 0.1) is 11.1 Å². The molecule has 0 aliphatic heterocycles. The minimum absolute atomic E-state index is 0.177. The fraction of sp³-hybridized carbons (Fsp3) is 0. The molecule has 0 amide bonds. The van der Waals surface area contributed by atoms with Crippen molar-refractivity contribution in [3.05, 3.63) is 41.6 Å². The Labute approximate surface area is 86.4 Å². The van der Waals surface area contributed by atoms with Gasteiger partial charge in [0.15, 0.2) is 0 Å². The number of hydrogen-bond donors (Lipinski definition) is 1. The van der Waals surface area contributed by atoms with Gasteiger partial charge < -0.3 is 5.11 Å². The molecule has 0 fully saturated rings. The first-order chi connectivity index (χ1) is 7.20. The summed E-state index contributed by atoms with van der Waals surface area (Å²) in [5.41, 5.74) is 1.62. The number of aromatic nitrogens is 1. The van der Waals surface area contributed by atoms with Crippen molar-refractivity contribution in [1.82, 2.24) is 4.98 Å². The molecule has 0 unspecified atom stereocenters. The number of rotatable bonds is 1. The number of pyridine rings is 1. The van der Waals surface area contributed by atoms with Gasteiger partial charge in [0.25, 0.3) is 0 Å². The first-order valence-electron chi connectivity index (χ1n) is 4.30. The van der Waals surface area contributed by atoms with E-state index in [1.165, 1.54) is 6.20 Å². The fourth-order valence-corrected chi connectivity index (χ4v) is 1.33. The third-order valence-corrected chi connectivity index (χ3v) is 2.10. The molecule has 0 aliphatic rings. The molecular formula is C12H7NO2. The highest BCUT2D eigenvalue weighted by Gasteiger charge is 2.04. The minimum atomic E-state index is -0.981. The summed E-state index contributed by atoms with van der Waals surface area (Å²) < 4.78 is 0. The molecule has 1 aromatic heterocycles. The van der Waals surface area contributed by atoms with Gasteiger partial charge in [0.2, 0.25) is 0 Å². The maximum Gasteiger partial charge on any atom is 0.337 e. The van der Waals surface area contributed by atoms with Crippen molar-refractivity contribution >= 4 is 16.9 Å². The Morgan fingerprint density at radius 1 is 1.40 bits per heavy atom. The number of nitrogens with zero attached hydrogens (tertiary/aromatic N) is 1. The molecule has 0 radical (unpaired) electrons. The van der Waals surface area contributed by atoms with E-state index in [9.17, 15) is 4.79 Å². The first kappa shape index (κ1) is 9.22. The number of benzene rings is 1. The lowest BCUT2D eigenvalue weighted by Crippen LogP contribution is -1.96. The molecule has 1 heterocycles. The zero-order valence-electron chi connectivity index (χ0n) is 7.77. The summed E-state index contributed by atoms with van der Waals surface area (Å²) in [5.74, 6) is 1.52. The summed E-state index contributed by atoms with van der Waals surface area (Å²) in [7, 11) is 0. The van der Waals surface area contributed by atoms with Crippen LogP contribution < -0.4 is 0 Å². The van der Waals surface area contributed by atoms with Gasteiger partial charge in [-0.25, -0.2) is 4.79 Å². The van der Waals surface area contributed by atoms with E-state index >= 15 is 0 Å². The van der Waals surface area contributed by atoms with E-state index in [0.29, 0.717) is 5.52 Å². The Bertz CT molecular complexity index is 582. The minimum Gasteiger partial charge on any atom is -0.478 e. The summed E-state index contributed by atoms with van der Waals surface area (Å²) in [5, 5.41) is 9.54. The summed E-state index contributed by atoms with van der Waals surface area (Å²) in [6.45, 7) is 0. The molecule has 2 aromatic rings. The maximum atomic E-state index is 10.7. The highest BCUT2D eigenvalue weighted by molar-refractivity contribution is 5.92. The smallest absolute Gasteiger partial charge is 0.337 e. The zero-order chi connectivity index (χ0) is 10.8. The van der Waals surface area contributed by atoms with E-state index in [0.717, 1.165) is 10.9 Å². The van der Waals surface area contributed by atoms with Crippen LogP contribution in [0.5, 0.6) is 0 Å². The summed E-state index contributed by atoms with van der Waals surface area (Å²) in [6, 6.07) is 6.85. The van der Waals surface area contributed by atoms with Crippen LogP contribution in [0.15, 0.2) is 30.5 Å². The van der Waals surface area contributed by atoms with Crippen molar-refractivity contribution in [3.63, 3.8) is 0 Å². The molecule has 0 aliphatic carbocycles. The second kappa shape index (κ2) is 3.43. The number of fused-ring (bicyclic) bond motifs is 1. The van der Waals surface area contributed by atoms with Crippen LogP contribution in [0.25, 0.3) is 10.9 Å². The number of carbonyl (C=O) groups is 1. The lowest BCUT2D eigenvalue weighted by Gasteiger charge is -1.99. The van der Waals surface area contributed by atoms with E-state index in [1.807, 2.05) is 0 Å².